The Balaban J connectivity index is 2.68. The fourth-order valence-electron chi connectivity index (χ4n) is 0.820. The molecule has 1 aromatic rings. The Morgan fingerprint density at radius 2 is 2.54 bits per heavy atom. The molecule has 1 aromatic heterocycles. The molecule has 0 spiro atoms. The van der Waals surface area contributed by atoms with Gasteiger partial charge in [0.1, 0.15) is 0 Å². The van der Waals surface area contributed by atoms with Gasteiger partial charge in [-0.2, -0.15) is 9.90 Å². The molecule has 0 aromatic carbocycles. The molecule has 0 aliphatic carbocycles. The maximum absolute atomic E-state index is 10.6. The lowest BCUT2D eigenvalue weighted by Gasteiger charge is -2.05. The maximum Gasteiger partial charge on any atom is 0.222 e. The van der Waals surface area contributed by atoms with Crippen LogP contribution >= 0.6 is 0 Å². The third kappa shape index (κ3) is 2.51. The zero-order valence-electron chi connectivity index (χ0n) is 7.69. The third-order valence-corrected chi connectivity index (χ3v) is 1.55. The lowest BCUT2D eigenvalue weighted by molar-refractivity contribution is -0.114. The van der Waals surface area contributed by atoms with Crippen molar-refractivity contribution in [1.29, 1.82) is 0 Å². The van der Waals surface area contributed by atoms with Crippen molar-refractivity contribution in [2.24, 2.45) is 5.73 Å². The first-order chi connectivity index (χ1) is 6.13. The number of rotatable bonds is 3. The fourth-order valence-corrected chi connectivity index (χ4v) is 0.820. The minimum Gasteiger partial charge on any atom is -0.328 e. The molecule has 72 valence electrons. The van der Waals surface area contributed by atoms with Crippen LogP contribution in [0.4, 0.5) is 5.82 Å². The summed E-state index contributed by atoms with van der Waals surface area (Å²) < 4.78 is 0. The van der Waals surface area contributed by atoms with Crippen LogP contribution in [0.5, 0.6) is 0 Å². The van der Waals surface area contributed by atoms with Crippen molar-refractivity contribution in [3.63, 3.8) is 0 Å². The lowest BCUT2D eigenvalue weighted by Crippen LogP contribution is -2.18. The number of carbonyl (C=O) groups is 1. The molecule has 13 heavy (non-hydrogen) atoms. The Morgan fingerprint density at radius 3 is 3.08 bits per heavy atom. The van der Waals surface area contributed by atoms with Crippen LogP contribution in [0.2, 0.25) is 0 Å². The molecule has 0 saturated heterocycles. The third-order valence-electron chi connectivity index (χ3n) is 1.55. The largest absolute Gasteiger partial charge is 0.328 e. The van der Waals surface area contributed by atoms with Gasteiger partial charge in [-0.25, -0.2) is 0 Å². The number of nitrogens with one attached hydrogen (secondary N) is 1. The zero-order valence-corrected chi connectivity index (χ0v) is 7.69. The monoisotopic (exact) mass is 183 g/mol. The van der Waals surface area contributed by atoms with E-state index in [0.717, 1.165) is 0 Å². The summed E-state index contributed by atoms with van der Waals surface area (Å²) in [6.07, 6.45) is 1.49. The summed E-state index contributed by atoms with van der Waals surface area (Å²) in [6, 6.07) is 0.0440. The minimum atomic E-state index is -0.160. The van der Waals surface area contributed by atoms with Gasteiger partial charge in [-0.1, -0.05) is 0 Å². The number of aromatic nitrogens is 3. The van der Waals surface area contributed by atoms with Crippen LogP contribution < -0.4 is 11.1 Å². The van der Waals surface area contributed by atoms with E-state index in [-0.39, 0.29) is 11.9 Å². The van der Waals surface area contributed by atoms with Crippen LogP contribution in [-0.2, 0) is 4.79 Å². The van der Waals surface area contributed by atoms with Crippen LogP contribution in [0.15, 0.2) is 6.20 Å². The first-order valence-electron chi connectivity index (χ1n) is 4.03. The molecule has 3 N–H and O–H groups in total. The summed E-state index contributed by atoms with van der Waals surface area (Å²) in [6.45, 7) is 3.79. The molecule has 0 fully saturated rings. The number of hydrogen-bond acceptors (Lipinski definition) is 4. The summed E-state index contributed by atoms with van der Waals surface area (Å²) in [4.78, 5) is 12.1. The predicted octanol–water partition coefficient (Wildman–Crippen LogP) is -0.244. The minimum absolute atomic E-state index is 0.0440. The Morgan fingerprint density at radius 1 is 1.85 bits per heavy atom. The molecular formula is C7H13N5O. The van der Waals surface area contributed by atoms with Crippen molar-refractivity contribution in [2.45, 2.75) is 19.9 Å². The van der Waals surface area contributed by atoms with E-state index in [4.69, 9.17) is 5.73 Å². The molecule has 1 rings (SSSR count). The Kier molecular flexibility index (Phi) is 2.97. The Labute approximate surface area is 76.1 Å². The molecule has 6 nitrogen and oxygen atoms in total. The quantitative estimate of drug-likeness (QED) is 0.677. The van der Waals surface area contributed by atoms with E-state index in [1.807, 2.05) is 6.92 Å². The normalized spacial score (nSPS) is 12.5. The van der Waals surface area contributed by atoms with E-state index in [1.54, 1.807) is 0 Å². The highest BCUT2D eigenvalue weighted by molar-refractivity contribution is 5.87. The summed E-state index contributed by atoms with van der Waals surface area (Å²) in [7, 11) is 0. The number of nitrogens with zero attached hydrogens (tertiary/aromatic N) is 3. The standard InChI is InChI=1S/C7H13N5O/c1-5(3-8)12-9-4-7(11-12)10-6(2)13/h4-5H,3,8H2,1-2H3,(H,10,11,13). The van der Waals surface area contributed by atoms with Gasteiger partial charge in [0.2, 0.25) is 5.91 Å². The molecule has 1 unspecified atom stereocenters. The van der Waals surface area contributed by atoms with Gasteiger partial charge in [0.25, 0.3) is 0 Å². The predicted molar refractivity (Wildman–Crippen MR) is 48.1 cm³/mol. The Bertz CT molecular complexity index is 295. The van der Waals surface area contributed by atoms with Crippen molar-refractivity contribution in [3.05, 3.63) is 6.20 Å². The summed E-state index contributed by atoms with van der Waals surface area (Å²) >= 11 is 0. The van der Waals surface area contributed by atoms with Crippen molar-refractivity contribution >= 4 is 11.7 Å². The van der Waals surface area contributed by atoms with Crippen molar-refractivity contribution < 1.29 is 4.79 Å². The number of carbonyl (C=O) groups excluding carboxylic acids is 1. The molecule has 1 atom stereocenters. The number of hydrogen-bond donors (Lipinski definition) is 2. The fraction of sp³-hybridized carbons (Fsp3) is 0.571. The summed E-state index contributed by atoms with van der Waals surface area (Å²) in [5.74, 6) is 0.292. The molecule has 1 heterocycles. The second-order valence-electron chi connectivity index (χ2n) is 2.82. The van der Waals surface area contributed by atoms with Crippen molar-refractivity contribution in [3.8, 4) is 0 Å². The van der Waals surface area contributed by atoms with Crippen LogP contribution in [0.3, 0.4) is 0 Å². The number of anilines is 1. The number of amides is 1. The molecule has 1 amide bonds. The molecule has 0 saturated carbocycles. The van der Waals surface area contributed by atoms with Crippen molar-refractivity contribution in [2.75, 3.05) is 11.9 Å². The topological polar surface area (TPSA) is 85.8 Å². The highest BCUT2D eigenvalue weighted by Crippen LogP contribution is 2.03. The van der Waals surface area contributed by atoms with Gasteiger partial charge in [0, 0.05) is 13.5 Å². The zero-order chi connectivity index (χ0) is 9.84. The van der Waals surface area contributed by atoms with Gasteiger partial charge < -0.3 is 11.1 Å². The van der Waals surface area contributed by atoms with E-state index in [2.05, 4.69) is 15.5 Å². The van der Waals surface area contributed by atoms with E-state index >= 15 is 0 Å². The van der Waals surface area contributed by atoms with Gasteiger partial charge in [0.05, 0.1) is 12.2 Å². The van der Waals surface area contributed by atoms with Gasteiger partial charge in [-0.05, 0) is 6.92 Å². The van der Waals surface area contributed by atoms with E-state index in [0.29, 0.717) is 12.4 Å². The number of nitrogens with two attached hydrogens (primary N) is 1. The second kappa shape index (κ2) is 3.99. The van der Waals surface area contributed by atoms with Gasteiger partial charge in [-0.15, -0.1) is 5.10 Å². The first kappa shape index (κ1) is 9.66. The van der Waals surface area contributed by atoms with E-state index in [1.165, 1.54) is 17.9 Å². The molecular weight excluding hydrogens is 170 g/mol. The molecule has 0 aliphatic rings. The molecule has 0 bridgehead atoms. The SMILES string of the molecule is CC(=O)Nc1cnn(C(C)CN)n1. The van der Waals surface area contributed by atoms with Crippen LogP contribution in [0.25, 0.3) is 0 Å². The van der Waals surface area contributed by atoms with Gasteiger partial charge >= 0.3 is 0 Å². The second-order valence-corrected chi connectivity index (χ2v) is 2.82. The lowest BCUT2D eigenvalue weighted by atomic mass is 10.4. The Hall–Kier alpha value is -1.43. The van der Waals surface area contributed by atoms with Gasteiger partial charge in [-0.3, -0.25) is 4.79 Å². The van der Waals surface area contributed by atoms with Crippen molar-refractivity contribution in [1.82, 2.24) is 15.0 Å². The smallest absolute Gasteiger partial charge is 0.222 e. The summed E-state index contributed by atoms with van der Waals surface area (Å²) in [5.41, 5.74) is 5.43. The van der Waals surface area contributed by atoms with E-state index in [9.17, 15) is 4.79 Å². The summed E-state index contributed by atoms with van der Waals surface area (Å²) in [5, 5.41) is 10.5. The first-order valence-corrected chi connectivity index (χ1v) is 4.03. The molecule has 6 heteroatoms. The highest BCUT2D eigenvalue weighted by atomic mass is 16.1. The average molecular weight is 183 g/mol. The molecule has 0 radical (unpaired) electrons. The average Bonchev–Trinajstić information content (AvgIpc) is 2.50. The van der Waals surface area contributed by atoms with Crippen LogP contribution in [0.1, 0.15) is 19.9 Å². The maximum atomic E-state index is 10.6. The highest BCUT2D eigenvalue weighted by Gasteiger charge is 2.06. The van der Waals surface area contributed by atoms with E-state index < -0.39 is 0 Å². The van der Waals surface area contributed by atoms with Gasteiger partial charge in [0.15, 0.2) is 5.82 Å². The van der Waals surface area contributed by atoms with Crippen LogP contribution in [-0.4, -0.2) is 27.4 Å². The van der Waals surface area contributed by atoms with Crippen LogP contribution in [0, 0.1) is 0 Å². The molecule has 0 aliphatic heterocycles.